The fourth-order valence-corrected chi connectivity index (χ4v) is 2.80. The van der Waals surface area contributed by atoms with Crippen molar-refractivity contribution in [2.75, 3.05) is 7.05 Å². The molecule has 1 aromatic carbocycles. The average Bonchev–Trinajstić information content (AvgIpc) is 2.69. The van der Waals surface area contributed by atoms with Gasteiger partial charge in [-0.2, -0.15) is 0 Å². The first-order valence-electron chi connectivity index (χ1n) is 5.35. The number of hydrogen-bond acceptors (Lipinski definition) is 3. The molecule has 0 bridgehead atoms. The molecule has 2 rings (SSSR count). The molecule has 17 heavy (non-hydrogen) atoms. The van der Waals surface area contributed by atoms with Gasteiger partial charge in [0.15, 0.2) is 0 Å². The highest BCUT2D eigenvalue weighted by Gasteiger charge is 2.08. The minimum absolute atomic E-state index is 0.758. The van der Waals surface area contributed by atoms with E-state index in [0.717, 1.165) is 27.1 Å². The van der Waals surface area contributed by atoms with E-state index in [4.69, 9.17) is 16.0 Å². The second kappa shape index (κ2) is 5.63. The van der Waals surface area contributed by atoms with Gasteiger partial charge in [-0.25, -0.2) is 0 Å². The van der Waals surface area contributed by atoms with E-state index in [0.29, 0.717) is 0 Å². The third-order valence-electron chi connectivity index (χ3n) is 2.43. The predicted molar refractivity (Wildman–Crippen MR) is 71.8 cm³/mol. The van der Waals surface area contributed by atoms with E-state index in [9.17, 15) is 0 Å². The van der Waals surface area contributed by atoms with Crippen molar-refractivity contribution in [2.24, 2.45) is 0 Å². The van der Waals surface area contributed by atoms with E-state index >= 15 is 0 Å². The van der Waals surface area contributed by atoms with Crippen LogP contribution in [0.4, 0.5) is 0 Å². The summed E-state index contributed by atoms with van der Waals surface area (Å²) in [5.74, 6) is 0.936. The summed E-state index contributed by atoms with van der Waals surface area (Å²) in [4.78, 5) is 2.29. The van der Waals surface area contributed by atoms with Crippen LogP contribution in [-0.4, -0.2) is 7.05 Å². The molecule has 0 saturated heterocycles. The van der Waals surface area contributed by atoms with Gasteiger partial charge in [-0.15, -0.1) is 0 Å². The van der Waals surface area contributed by atoms with Gasteiger partial charge < -0.3 is 9.73 Å². The Morgan fingerprint density at radius 1 is 1.29 bits per heavy atom. The second-order valence-corrected chi connectivity index (χ2v) is 5.25. The van der Waals surface area contributed by atoms with Gasteiger partial charge in [0.1, 0.15) is 5.76 Å². The molecular weight excluding hydrogens is 254 g/mol. The lowest BCUT2D eigenvalue weighted by atomic mass is 10.2. The molecule has 1 N–H and O–H groups in total. The summed E-state index contributed by atoms with van der Waals surface area (Å²) in [6.07, 6.45) is 1.71. The van der Waals surface area contributed by atoms with Crippen molar-refractivity contribution in [3.63, 3.8) is 0 Å². The predicted octanol–water partition coefficient (Wildman–Crippen LogP) is 4.11. The summed E-state index contributed by atoms with van der Waals surface area (Å²) in [7, 11) is 1.94. The molecule has 2 nitrogen and oxygen atoms in total. The van der Waals surface area contributed by atoms with Crippen LogP contribution >= 0.6 is 23.4 Å². The fourth-order valence-electron chi connectivity index (χ4n) is 1.56. The standard InChI is InChI=1S/C13H14ClNOS/c1-9-12(5-6-16-9)17-13-7-11(14)4-3-10(13)8-15-2/h3-7,15H,8H2,1-2H3. The van der Waals surface area contributed by atoms with Crippen LogP contribution in [0.1, 0.15) is 11.3 Å². The minimum atomic E-state index is 0.758. The third-order valence-corrected chi connectivity index (χ3v) is 3.91. The van der Waals surface area contributed by atoms with Crippen molar-refractivity contribution >= 4 is 23.4 Å². The Kier molecular flexibility index (Phi) is 4.15. The van der Waals surface area contributed by atoms with Gasteiger partial charge in [0.05, 0.1) is 11.2 Å². The minimum Gasteiger partial charge on any atom is -0.468 e. The first-order chi connectivity index (χ1) is 8.20. The molecule has 2 aromatic rings. The zero-order valence-electron chi connectivity index (χ0n) is 9.79. The summed E-state index contributed by atoms with van der Waals surface area (Å²) < 4.78 is 5.30. The van der Waals surface area contributed by atoms with Gasteiger partial charge in [0, 0.05) is 16.5 Å². The average molecular weight is 268 g/mol. The number of benzene rings is 1. The van der Waals surface area contributed by atoms with Crippen molar-refractivity contribution in [1.29, 1.82) is 0 Å². The van der Waals surface area contributed by atoms with Gasteiger partial charge in [0.25, 0.3) is 0 Å². The fraction of sp³-hybridized carbons (Fsp3) is 0.231. The lowest BCUT2D eigenvalue weighted by Crippen LogP contribution is -2.05. The lowest BCUT2D eigenvalue weighted by molar-refractivity contribution is 0.527. The van der Waals surface area contributed by atoms with Crippen LogP contribution in [0.5, 0.6) is 0 Å². The summed E-state index contributed by atoms with van der Waals surface area (Å²) >= 11 is 7.72. The quantitative estimate of drug-likeness (QED) is 0.902. The van der Waals surface area contributed by atoms with E-state index in [1.807, 2.05) is 32.2 Å². The maximum absolute atomic E-state index is 6.04. The van der Waals surface area contributed by atoms with Crippen LogP contribution in [0.15, 0.2) is 44.7 Å². The monoisotopic (exact) mass is 267 g/mol. The van der Waals surface area contributed by atoms with Crippen LogP contribution in [0.3, 0.4) is 0 Å². The van der Waals surface area contributed by atoms with Crippen LogP contribution in [-0.2, 0) is 6.54 Å². The van der Waals surface area contributed by atoms with Crippen LogP contribution in [0.25, 0.3) is 0 Å². The Morgan fingerprint density at radius 2 is 2.12 bits per heavy atom. The van der Waals surface area contributed by atoms with E-state index in [-0.39, 0.29) is 0 Å². The third kappa shape index (κ3) is 3.06. The van der Waals surface area contributed by atoms with Crippen molar-refractivity contribution in [1.82, 2.24) is 5.32 Å². The Morgan fingerprint density at radius 3 is 2.76 bits per heavy atom. The zero-order valence-corrected chi connectivity index (χ0v) is 11.4. The molecule has 4 heteroatoms. The molecule has 1 aromatic heterocycles. The summed E-state index contributed by atoms with van der Waals surface area (Å²) in [5.41, 5.74) is 1.24. The highest BCUT2D eigenvalue weighted by atomic mass is 35.5. The van der Waals surface area contributed by atoms with Crippen molar-refractivity contribution < 1.29 is 4.42 Å². The molecule has 0 unspecified atom stereocenters. The lowest BCUT2D eigenvalue weighted by Gasteiger charge is -2.08. The van der Waals surface area contributed by atoms with Gasteiger partial charge in [-0.3, -0.25) is 0 Å². The summed E-state index contributed by atoms with van der Waals surface area (Å²) in [5, 5.41) is 3.92. The van der Waals surface area contributed by atoms with Gasteiger partial charge >= 0.3 is 0 Å². The molecule has 0 radical (unpaired) electrons. The van der Waals surface area contributed by atoms with E-state index in [1.165, 1.54) is 5.56 Å². The number of rotatable bonds is 4. The van der Waals surface area contributed by atoms with Gasteiger partial charge in [-0.05, 0) is 37.7 Å². The molecule has 0 saturated carbocycles. The number of aryl methyl sites for hydroxylation is 1. The number of nitrogens with one attached hydrogen (secondary N) is 1. The maximum atomic E-state index is 6.04. The smallest absolute Gasteiger partial charge is 0.114 e. The van der Waals surface area contributed by atoms with Crippen molar-refractivity contribution in [3.05, 3.63) is 46.9 Å². The second-order valence-electron chi connectivity index (χ2n) is 3.73. The Balaban J connectivity index is 2.30. The Bertz CT molecular complexity index is 510. The van der Waals surface area contributed by atoms with Crippen molar-refractivity contribution in [2.45, 2.75) is 23.3 Å². The Hall–Kier alpha value is -0.900. The molecule has 0 aliphatic carbocycles. The van der Waals surface area contributed by atoms with E-state index < -0.39 is 0 Å². The molecule has 0 atom stereocenters. The van der Waals surface area contributed by atoms with E-state index in [2.05, 4.69) is 11.4 Å². The normalized spacial score (nSPS) is 10.8. The molecule has 0 amide bonds. The first-order valence-corrected chi connectivity index (χ1v) is 6.55. The number of hydrogen-bond donors (Lipinski definition) is 1. The molecule has 90 valence electrons. The van der Waals surface area contributed by atoms with E-state index in [1.54, 1.807) is 18.0 Å². The maximum Gasteiger partial charge on any atom is 0.114 e. The summed E-state index contributed by atoms with van der Waals surface area (Å²) in [6, 6.07) is 7.94. The van der Waals surface area contributed by atoms with Crippen molar-refractivity contribution in [3.8, 4) is 0 Å². The number of halogens is 1. The van der Waals surface area contributed by atoms with Gasteiger partial charge in [0.2, 0.25) is 0 Å². The SMILES string of the molecule is CNCc1ccc(Cl)cc1Sc1ccoc1C. The van der Waals surface area contributed by atoms with Crippen LogP contribution in [0, 0.1) is 6.92 Å². The molecule has 0 spiro atoms. The zero-order chi connectivity index (χ0) is 12.3. The van der Waals surface area contributed by atoms with Crippen LogP contribution < -0.4 is 5.32 Å². The highest BCUT2D eigenvalue weighted by molar-refractivity contribution is 7.99. The summed E-state index contributed by atoms with van der Waals surface area (Å²) in [6.45, 7) is 2.79. The molecular formula is C13H14ClNOS. The van der Waals surface area contributed by atoms with Crippen LogP contribution in [0.2, 0.25) is 5.02 Å². The highest BCUT2D eigenvalue weighted by Crippen LogP contribution is 2.34. The molecule has 1 heterocycles. The van der Waals surface area contributed by atoms with Gasteiger partial charge in [-0.1, -0.05) is 29.4 Å². The largest absolute Gasteiger partial charge is 0.468 e. The number of furan rings is 1. The Labute approximate surface area is 110 Å². The topological polar surface area (TPSA) is 25.2 Å². The first kappa shape index (κ1) is 12.6. The molecule has 0 aliphatic heterocycles. The molecule has 0 aliphatic rings. The molecule has 0 fully saturated rings.